The van der Waals surface area contributed by atoms with E-state index in [0.717, 1.165) is 31.7 Å². The van der Waals surface area contributed by atoms with Gasteiger partial charge in [0.1, 0.15) is 5.82 Å². The standard InChI is InChI=1S/C14H19FN2O2S.ClH/c1-9-2-5-13(8-14(9)15)20(18,19)17-12-6-10-3-4-11(7-12)16-10;/h2,5,8,10-12,16-17H,3-4,6-7H2,1H3;1H. The third-order valence-corrected chi connectivity index (χ3v) is 5.77. The molecule has 0 saturated carbocycles. The molecule has 1 aromatic rings. The van der Waals surface area contributed by atoms with Crippen molar-refractivity contribution in [3.63, 3.8) is 0 Å². The molecular weight excluding hydrogens is 315 g/mol. The van der Waals surface area contributed by atoms with Gasteiger partial charge in [-0.15, -0.1) is 12.4 Å². The van der Waals surface area contributed by atoms with Crippen molar-refractivity contribution in [2.24, 2.45) is 0 Å². The Hall–Kier alpha value is -0.690. The van der Waals surface area contributed by atoms with Crippen molar-refractivity contribution in [2.45, 2.75) is 55.6 Å². The van der Waals surface area contributed by atoms with Gasteiger partial charge in [0.25, 0.3) is 0 Å². The van der Waals surface area contributed by atoms with E-state index in [4.69, 9.17) is 0 Å². The van der Waals surface area contributed by atoms with Crippen LogP contribution in [-0.2, 0) is 10.0 Å². The maximum absolute atomic E-state index is 13.5. The smallest absolute Gasteiger partial charge is 0.240 e. The highest BCUT2D eigenvalue weighted by Gasteiger charge is 2.35. The van der Waals surface area contributed by atoms with Gasteiger partial charge in [-0.05, 0) is 50.3 Å². The molecule has 0 spiro atoms. The van der Waals surface area contributed by atoms with Gasteiger partial charge in [-0.3, -0.25) is 0 Å². The molecule has 2 saturated heterocycles. The third-order valence-electron chi connectivity index (χ3n) is 4.25. The largest absolute Gasteiger partial charge is 0.311 e. The number of benzene rings is 1. The lowest BCUT2D eigenvalue weighted by atomic mass is 10.0. The second-order valence-electron chi connectivity index (χ2n) is 5.84. The van der Waals surface area contributed by atoms with Crippen molar-refractivity contribution in [2.75, 3.05) is 0 Å². The minimum Gasteiger partial charge on any atom is -0.311 e. The van der Waals surface area contributed by atoms with E-state index in [2.05, 4.69) is 10.0 Å². The summed E-state index contributed by atoms with van der Waals surface area (Å²) in [5.41, 5.74) is 0.448. The maximum atomic E-state index is 13.5. The molecule has 3 rings (SSSR count). The number of sulfonamides is 1. The summed E-state index contributed by atoms with van der Waals surface area (Å²) >= 11 is 0. The molecular formula is C14H20ClFN2O2S. The Labute approximate surface area is 131 Å². The molecule has 0 aliphatic carbocycles. The summed E-state index contributed by atoms with van der Waals surface area (Å²) in [5, 5.41) is 3.47. The van der Waals surface area contributed by atoms with Crippen LogP contribution in [0.4, 0.5) is 4.39 Å². The molecule has 2 heterocycles. The lowest BCUT2D eigenvalue weighted by Crippen LogP contribution is -2.47. The predicted molar refractivity (Wildman–Crippen MR) is 81.7 cm³/mol. The molecule has 2 N–H and O–H groups in total. The molecule has 2 unspecified atom stereocenters. The van der Waals surface area contributed by atoms with Crippen LogP contribution in [0, 0.1) is 12.7 Å². The van der Waals surface area contributed by atoms with Gasteiger partial charge >= 0.3 is 0 Å². The molecule has 2 aliphatic heterocycles. The van der Waals surface area contributed by atoms with Crippen LogP contribution >= 0.6 is 12.4 Å². The van der Waals surface area contributed by atoms with Crippen LogP contribution in [0.25, 0.3) is 0 Å². The number of nitrogens with one attached hydrogen (secondary N) is 2. The maximum Gasteiger partial charge on any atom is 0.240 e. The molecule has 0 amide bonds. The summed E-state index contributed by atoms with van der Waals surface area (Å²) in [6.45, 7) is 1.61. The van der Waals surface area contributed by atoms with E-state index in [-0.39, 0.29) is 23.3 Å². The Kier molecular flexibility index (Phi) is 4.92. The van der Waals surface area contributed by atoms with Crippen molar-refractivity contribution >= 4 is 22.4 Å². The topological polar surface area (TPSA) is 58.2 Å². The molecule has 4 nitrogen and oxygen atoms in total. The SMILES string of the molecule is Cc1ccc(S(=O)(=O)NC2CC3CCC(C2)N3)cc1F.Cl. The molecule has 2 fully saturated rings. The first-order chi connectivity index (χ1) is 9.44. The minimum atomic E-state index is -3.64. The van der Waals surface area contributed by atoms with Gasteiger partial charge < -0.3 is 5.32 Å². The molecule has 0 aromatic heterocycles. The second-order valence-corrected chi connectivity index (χ2v) is 7.55. The zero-order valence-electron chi connectivity index (χ0n) is 11.8. The fourth-order valence-corrected chi connectivity index (χ4v) is 4.45. The van der Waals surface area contributed by atoms with E-state index in [1.165, 1.54) is 12.1 Å². The van der Waals surface area contributed by atoms with E-state index >= 15 is 0 Å². The summed E-state index contributed by atoms with van der Waals surface area (Å²) < 4.78 is 40.8. The van der Waals surface area contributed by atoms with Gasteiger partial charge in [-0.25, -0.2) is 17.5 Å². The lowest BCUT2D eigenvalue weighted by Gasteiger charge is -2.29. The molecule has 118 valence electrons. The van der Waals surface area contributed by atoms with Gasteiger partial charge in [0.15, 0.2) is 0 Å². The highest BCUT2D eigenvalue weighted by molar-refractivity contribution is 7.89. The van der Waals surface area contributed by atoms with Gasteiger partial charge in [-0.1, -0.05) is 6.07 Å². The van der Waals surface area contributed by atoms with Crippen LogP contribution in [0.5, 0.6) is 0 Å². The lowest BCUT2D eigenvalue weighted by molar-refractivity contribution is 0.345. The molecule has 2 aliphatic rings. The molecule has 7 heteroatoms. The Morgan fingerprint density at radius 1 is 1.24 bits per heavy atom. The van der Waals surface area contributed by atoms with Crippen molar-refractivity contribution in [1.82, 2.24) is 10.0 Å². The van der Waals surface area contributed by atoms with E-state index < -0.39 is 15.8 Å². The van der Waals surface area contributed by atoms with Crippen molar-refractivity contribution < 1.29 is 12.8 Å². The number of hydrogen-bond acceptors (Lipinski definition) is 3. The van der Waals surface area contributed by atoms with Gasteiger partial charge in [0.05, 0.1) is 4.90 Å². The summed E-state index contributed by atoms with van der Waals surface area (Å²) in [6, 6.07) is 4.82. The highest BCUT2D eigenvalue weighted by atomic mass is 35.5. The first-order valence-corrected chi connectivity index (χ1v) is 8.47. The molecule has 1 aromatic carbocycles. The normalized spacial score (nSPS) is 28.2. The molecule has 2 atom stereocenters. The van der Waals surface area contributed by atoms with Crippen LogP contribution < -0.4 is 10.0 Å². The van der Waals surface area contributed by atoms with Crippen molar-refractivity contribution in [3.8, 4) is 0 Å². The van der Waals surface area contributed by atoms with E-state index in [9.17, 15) is 12.8 Å². The van der Waals surface area contributed by atoms with Crippen LogP contribution in [0.2, 0.25) is 0 Å². The summed E-state index contributed by atoms with van der Waals surface area (Å²) in [7, 11) is -3.64. The van der Waals surface area contributed by atoms with E-state index in [1.807, 2.05) is 0 Å². The zero-order valence-corrected chi connectivity index (χ0v) is 13.4. The number of rotatable bonds is 3. The van der Waals surface area contributed by atoms with E-state index in [1.54, 1.807) is 6.92 Å². The molecule has 21 heavy (non-hydrogen) atoms. The minimum absolute atomic E-state index is 0. The van der Waals surface area contributed by atoms with Gasteiger partial charge in [0, 0.05) is 18.1 Å². The predicted octanol–water partition coefficient (Wildman–Crippen LogP) is 2.12. The molecule has 2 bridgehead atoms. The average Bonchev–Trinajstić information content (AvgIpc) is 2.71. The van der Waals surface area contributed by atoms with Crippen molar-refractivity contribution in [1.29, 1.82) is 0 Å². The summed E-state index contributed by atoms with van der Waals surface area (Å²) in [6.07, 6.45) is 3.85. The monoisotopic (exact) mass is 334 g/mol. The highest BCUT2D eigenvalue weighted by Crippen LogP contribution is 2.27. The average molecular weight is 335 g/mol. The number of halogens is 2. The Bertz CT molecular complexity index is 611. The number of aryl methyl sites for hydroxylation is 1. The van der Waals surface area contributed by atoms with Gasteiger partial charge in [0.2, 0.25) is 10.0 Å². The first-order valence-electron chi connectivity index (χ1n) is 6.98. The number of piperidine rings is 1. The van der Waals surface area contributed by atoms with Crippen LogP contribution in [0.3, 0.4) is 0 Å². The van der Waals surface area contributed by atoms with Crippen molar-refractivity contribution in [3.05, 3.63) is 29.6 Å². The fraction of sp³-hybridized carbons (Fsp3) is 0.571. The number of fused-ring (bicyclic) bond motifs is 2. The van der Waals surface area contributed by atoms with Gasteiger partial charge in [-0.2, -0.15) is 0 Å². The van der Waals surface area contributed by atoms with Crippen LogP contribution in [0.1, 0.15) is 31.2 Å². The quantitative estimate of drug-likeness (QED) is 0.890. The summed E-state index contributed by atoms with van der Waals surface area (Å²) in [4.78, 5) is 0.00600. The summed E-state index contributed by atoms with van der Waals surface area (Å²) in [5.74, 6) is -0.488. The van der Waals surface area contributed by atoms with E-state index in [0.29, 0.717) is 17.6 Å². The third kappa shape index (κ3) is 3.56. The van der Waals surface area contributed by atoms with Crippen LogP contribution in [0.15, 0.2) is 23.1 Å². The zero-order chi connectivity index (χ0) is 14.3. The van der Waals surface area contributed by atoms with Crippen LogP contribution in [-0.4, -0.2) is 26.5 Å². The number of hydrogen-bond donors (Lipinski definition) is 2. The fourth-order valence-electron chi connectivity index (χ4n) is 3.18. The Morgan fingerprint density at radius 3 is 2.43 bits per heavy atom. The first kappa shape index (κ1) is 16.7. The second kappa shape index (κ2) is 6.20. The molecule has 0 radical (unpaired) electrons. The Balaban J connectivity index is 0.00000161. The Morgan fingerprint density at radius 2 is 1.86 bits per heavy atom.